The van der Waals surface area contributed by atoms with Crippen molar-refractivity contribution in [2.24, 2.45) is 12.0 Å². The van der Waals surface area contributed by atoms with E-state index in [-0.39, 0.29) is 29.6 Å². The molecule has 1 aromatic heterocycles. The zero-order chi connectivity index (χ0) is 22.1. The molecule has 178 valence electrons. The SMILES string of the molecule is COc1ccc(CCNC(=NCc2nnc(C)n2C)NCC2(OC)CCOCC2)cc1.I. The fourth-order valence-electron chi connectivity index (χ4n) is 3.47. The van der Waals surface area contributed by atoms with Crippen LogP contribution in [0.2, 0.25) is 0 Å². The average Bonchev–Trinajstić information content (AvgIpc) is 3.13. The van der Waals surface area contributed by atoms with E-state index in [1.807, 2.05) is 30.7 Å². The van der Waals surface area contributed by atoms with Crippen molar-refractivity contribution in [1.29, 1.82) is 0 Å². The highest BCUT2D eigenvalue weighted by atomic mass is 127. The molecule has 0 atom stereocenters. The molecule has 2 heterocycles. The number of nitrogens with zero attached hydrogens (tertiary/aromatic N) is 4. The second-order valence-electron chi connectivity index (χ2n) is 7.77. The Morgan fingerprint density at radius 2 is 1.88 bits per heavy atom. The summed E-state index contributed by atoms with van der Waals surface area (Å²) >= 11 is 0. The van der Waals surface area contributed by atoms with Gasteiger partial charge in [-0.05, 0) is 31.0 Å². The lowest BCUT2D eigenvalue weighted by Crippen LogP contribution is -2.51. The second-order valence-corrected chi connectivity index (χ2v) is 7.77. The van der Waals surface area contributed by atoms with Crippen LogP contribution in [0.25, 0.3) is 0 Å². The quantitative estimate of drug-likeness (QED) is 0.277. The highest BCUT2D eigenvalue weighted by Crippen LogP contribution is 2.23. The van der Waals surface area contributed by atoms with Crippen LogP contribution < -0.4 is 15.4 Å². The lowest BCUT2D eigenvalue weighted by molar-refractivity contribution is -0.0855. The molecule has 0 spiro atoms. The van der Waals surface area contributed by atoms with E-state index in [2.05, 4.69) is 33.0 Å². The van der Waals surface area contributed by atoms with E-state index in [0.29, 0.717) is 26.3 Å². The first-order chi connectivity index (χ1) is 15.0. The van der Waals surface area contributed by atoms with Crippen LogP contribution in [-0.2, 0) is 29.5 Å². The fraction of sp³-hybridized carbons (Fsp3) is 0.591. The van der Waals surface area contributed by atoms with Crippen LogP contribution >= 0.6 is 24.0 Å². The van der Waals surface area contributed by atoms with Crippen molar-refractivity contribution in [3.05, 3.63) is 41.5 Å². The predicted molar refractivity (Wildman–Crippen MR) is 135 cm³/mol. The first kappa shape index (κ1) is 26.3. The molecular formula is C22H35IN6O3. The number of aryl methyl sites for hydroxylation is 1. The van der Waals surface area contributed by atoms with Gasteiger partial charge >= 0.3 is 0 Å². The average molecular weight is 558 g/mol. The molecule has 0 bridgehead atoms. The summed E-state index contributed by atoms with van der Waals surface area (Å²) in [5, 5.41) is 15.2. The number of guanidine groups is 1. The molecule has 0 radical (unpaired) electrons. The van der Waals surface area contributed by atoms with Gasteiger partial charge in [-0.1, -0.05) is 12.1 Å². The monoisotopic (exact) mass is 558 g/mol. The van der Waals surface area contributed by atoms with Crippen molar-refractivity contribution in [2.45, 2.75) is 38.3 Å². The summed E-state index contributed by atoms with van der Waals surface area (Å²) in [6.45, 7) is 5.21. The maximum Gasteiger partial charge on any atom is 0.191 e. The van der Waals surface area contributed by atoms with Gasteiger partial charge in [0, 0.05) is 53.3 Å². The molecule has 0 saturated carbocycles. The van der Waals surface area contributed by atoms with Crippen molar-refractivity contribution in [3.63, 3.8) is 0 Å². The zero-order valence-electron chi connectivity index (χ0n) is 19.4. The molecule has 1 saturated heterocycles. The summed E-state index contributed by atoms with van der Waals surface area (Å²) in [6, 6.07) is 8.11. The van der Waals surface area contributed by atoms with Crippen molar-refractivity contribution >= 4 is 29.9 Å². The van der Waals surface area contributed by atoms with Gasteiger partial charge < -0.3 is 29.4 Å². The molecule has 1 fully saturated rings. The van der Waals surface area contributed by atoms with Crippen molar-refractivity contribution in [1.82, 2.24) is 25.4 Å². The summed E-state index contributed by atoms with van der Waals surface area (Å²) in [6.07, 6.45) is 2.59. The van der Waals surface area contributed by atoms with Crippen LogP contribution in [0.1, 0.15) is 30.1 Å². The maximum absolute atomic E-state index is 5.85. The first-order valence-electron chi connectivity index (χ1n) is 10.7. The predicted octanol–water partition coefficient (Wildman–Crippen LogP) is 2.22. The Morgan fingerprint density at radius 3 is 2.47 bits per heavy atom. The molecule has 9 nitrogen and oxygen atoms in total. The third-order valence-corrected chi connectivity index (χ3v) is 5.84. The van der Waals surface area contributed by atoms with Crippen molar-refractivity contribution < 1.29 is 14.2 Å². The van der Waals surface area contributed by atoms with E-state index < -0.39 is 0 Å². The van der Waals surface area contributed by atoms with E-state index in [1.54, 1.807) is 14.2 Å². The molecule has 3 rings (SSSR count). The lowest BCUT2D eigenvalue weighted by atomic mass is 9.94. The lowest BCUT2D eigenvalue weighted by Gasteiger charge is -2.36. The van der Waals surface area contributed by atoms with Crippen molar-refractivity contribution in [3.8, 4) is 5.75 Å². The van der Waals surface area contributed by atoms with E-state index in [9.17, 15) is 0 Å². The zero-order valence-corrected chi connectivity index (χ0v) is 21.7. The highest BCUT2D eigenvalue weighted by molar-refractivity contribution is 14.0. The number of halogens is 1. The van der Waals surface area contributed by atoms with Gasteiger partial charge in [-0.2, -0.15) is 0 Å². The van der Waals surface area contributed by atoms with Crippen LogP contribution in [-0.4, -0.2) is 66.8 Å². The van der Waals surface area contributed by atoms with Crippen LogP contribution in [0.5, 0.6) is 5.75 Å². The molecule has 0 aliphatic carbocycles. The molecule has 1 aliphatic rings. The number of hydrogen-bond donors (Lipinski definition) is 2. The number of aromatic nitrogens is 3. The Labute approximate surface area is 207 Å². The van der Waals surface area contributed by atoms with Gasteiger partial charge in [0.25, 0.3) is 0 Å². The molecule has 32 heavy (non-hydrogen) atoms. The largest absolute Gasteiger partial charge is 0.497 e. The Hall–Kier alpha value is -1.92. The number of benzene rings is 1. The van der Waals surface area contributed by atoms with Crippen LogP contribution in [0.15, 0.2) is 29.3 Å². The summed E-state index contributed by atoms with van der Waals surface area (Å²) in [5.74, 6) is 3.28. The first-order valence-corrected chi connectivity index (χ1v) is 10.7. The van der Waals surface area contributed by atoms with Gasteiger partial charge in [0.2, 0.25) is 0 Å². The van der Waals surface area contributed by atoms with Crippen molar-refractivity contribution in [2.75, 3.05) is 40.5 Å². The number of rotatable bonds is 9. The third kappa shape index (κ3) is 7.31. The molecular weight excluding hydrogens is 523 g/mol. The summed E-state index contributed by atoms with van der Waals surface area (Å²) < 4.78 is 18.5. The van der Waals surface area contributed by atoms with Gasteiger partial charge in [-0.25, -0.2) is 4.99 Å². The van der Waals surface area contributed by atoms with E-state index >= 15 is 0 Å². The second kappa shape index (κ2) is 12.9. The van der Waals surface area contributed by atoms with Crippen LogP contribution in [0, 0.1) is 6.92 Å². The number of hydrogen-bond acceptors (Lipinski definition) is 6. The molecule has 10 heteroatoms. The normalized spacial score (nSPS) is 15.7. The number of nitrogens with one attached hydrogen (secondary N) is 2. The minimum Gasteiger partial charge on any atom is -0.497 e. The molecule has 0 unspecified atom stereocenters. The molecule has 2 N–H and O–H groups in total. The fourth-order valence-corrected chi connectivity index (χ4v) is 3.47. The van der Waals surface area contributed by atoms with Gasteiger partial charge in [-0.3, -0.25) is 0 Å². The third-order valence-electron chi connectivity index (χ3n) is 5.84. The van der Waals surface area contributed by atoms with E-state index in [4.69, 9.17) is 19.2 Å². The minimum absolute atomic E-state index is 0. The maximum atomic E-state index is 5.85. The number of methoxy groups -OCH3 is 2. The molecule has 1 aliphatic heterocycles. The van der Waals surface area contributed by atoms with Crippen LogP contribution in [0.3, 0.4) is 0 Å². The Morgan fingerprint density at radius 1 is 1.16 bits per heavy atom. The number of ether oxygens (including phenoxy) is 3. The van der Waals surface area contributed by atoms with E-state index in [0.717, 1.165) is 49.2 Å². The Balaban J connectivity index is 0.00000363. The Kier molecular flexibility index (Phi) is 10.7. The van der Waals surface area contributed by atoms with E-state index in [1.165, 1.54) is 5.56 Å². The van der Waals surface area contributed by atoms with Gasteiger partial charge in [-0.15, -0.1) is 34.2 Å². The summed E-state index contributed by atoms with van der Waals surface area (Å²) in [7, 11) is 5.39. The van der Waals surface area contributed by atoms with Gasteiger partial charge in [0.05, 0.1) is 12.7 Å². The van der Waals surface area contributed by atoms with Gasteiger partial charge in [0.1, 0.15) is 18.1 Å². The molecule has 1 aromatic carbocycles. The Bertz CT molecular complexity index is 850. The molecule has 0 amide bonds. The van der Waals surface area contributed by atoms with Gasteiger partial charge in [0.15, 0.2) is 11.8 Å². The minimum atomic E-state index is -0.238. The highest BCUT2D eigenvalue weighted by Gasteiger charge is 2.32. The molecule has 2 aromatic rings. The standard InChI is InChI=1S/C22H34N6O3.HI/c1-17-26-27-20(28(17)2)15-24-21(25-16-22(30-4)10-13-31-14-11-22)23-12-9-18-5-7-19(29-3)8-6-18;/h5-8H,9-16H2,1-4H3,(H2,23,24,25);1H. The summed E-state index contributed by atoms with van der Waals surface area (Å²) in [4.78, 5) is 4.74. The smallest absolute Gasteiger partial charge is 0.191 e. The summed E-state index contributed by atoms with van der Waals surface area (Å²) in [5.41, 5.74) is 0.993. The number of aliphatic imine (C=N–C) groups is 1. The van der Waals surface area contributed by atoms with Crippen LogP contribution in [0.4, 0.5) is 0 Å². The topological polar surface area (TPSA) is 94.8 Å².